The van der Waals surface area contributed by atoms with Crippen LogP contribution in [0, 0.1) is 11.6 Å². The number of halogens is 3. The zero-order chi connectivity index (χ0) is 27.9. The fourth-order valence-corrected chi connectivity index (χ4v) is 4.74. The molecule has 0 bridgehead atoms. The maximum Gasteiger partial charge on any atom is 0.409 e. The van der Waals surface area contributed by atoms with Gasteiger partial charge < -0.3 is 20.1 Å². The summed E-state index contributed by atoms with van der Waals surface area (Å²) < 4.78 is 66.8. The second-order valence-corrected chi connectivity index (χ2v) is 10.4. The highest BCUT2D eigenvalue weighted by atomic mass is 35.5. The van der Waals surface area contributed by atoms with Crippen LogP contribution in [0.2, 0.25) is 5.02 Å². The second-order valence-electron chi connectivity index (χ2n) is 8.04. The molecular weight excluding hydrogens is 544 g/mol. The van der Waals surface area contributed by atoms with Crippen LogP contribution in [0.4, 0.5) is 13.6 Å². The Balaban J connectivity index is 1.73. The molecule has 2 amide bonds. The fourth-order valence-electron chi connectivity index (χ4n) is 3.19. The summed E-state index contributed by atoms with van der Waals surface area (Å²) in [5, 5.41) is 0.379. The minimum Gasteiger partial charge on any atom is -0.451 e. The van der Waals surface area contributed by atoms with Crippen molar-refractivity contribution in [3.8, 4) is 11.5 Å². The molecule has 0 fully saturated rings. The zero-order valence-electron chi connectivity index (χ0n) is 20.1. The normalized spacial score (nSPS) is 11.3. The average Bonchev–Trinajstić information content (AvgIpc) is 2.88. The summed E-state index contributed by atoms with van der Waals surface area (Å²) in [5.41, 5.74) is 5.95. The number of primary amides is 1. The maximum atomic E-state index is 14.7. The molecule has 202 valence electrons. The summed E-state index contributed by atoms with van der Waals surface area (Å²) in [6.07, 6.45) is -0.744. The summed E-state index contributed by atoms with van der Waals surface area (Å²) in [5.74, 6) is -4.35. The molecule has 0 atom stereocenters. The standard InChI is InChI=1S/C25H24ClF2N3O6S/c1-30(25(33)36-16-17-5-3-2-4-6-17)11-12-31(15-23(29)32)38(34,35)20-13-21(27)24(22(28)14-20)37-19-9-7-18(26)8-10-19/h2-10,13-14H,11-12,15-16H2,1H3,(H2,29,32). The van der Waals surface area contributed by atoms with Crippen LogP contribution in [-0.2, 0) is 26.2 Å². The lowest BCUT2D eigenvalue weighted by molar-refractivity contribution is -0.118. The van der Waals surface area contributed by atoms with Crippen LogP contribution in [0.1, 0.15) is 5.56 Å². The first-order valence-corrected chi connectivity index (χ1v) is 12.9. The monoisotopic (exact) mass is 567 g/mol. The van der Waals surface area contributed by atoms with Crippen LogP contribution in [-0.4, -0.2) is 56.3 Å². The number of carbonyl (C=O) groups is 2. The first-order chi connectivity index (χ1) is 18.0. The molecule has 0 heterocycles. The third-order valence-electron chi connectivity index (χ3n) is 5.18. The van der Waals surface area contributed by atoms with E-state index < -0.39 is 57.4 Å². The number of amides is 2. The van der Waals surface area contributed by atoms with Crippen LogP contribution in [0.3, 0.4) is 0 Å². The Bertz CT molecular complexity index is 1370. The lowest BCUT2D eigenvalue weighted by Crippen LogP contribution is -2.43. The van der Waals surface area contributed by atoms with E-state index >= 15 is 0 Å². The Kier molecular flexibility index (Phi) is 9.61. The number of rotatable bonds is 11. The maximum absolute atomic E-state index is 14.7. The third kappa shape index (κ3) is 7.63. The van der Waals surface area contributed by atoms with E-state index in [0.717, 1.165) is 10.5 Å². The molecule has 3 aromatic rings. The second kappa shape index (κ2) is 12.7. The Hall–Kier alpha value is -3.74. The van der Waals surface area contributed by atoms with Crippen molar-refractivity contribution in [2.24, 2.45) is 5.73 Å². The van der Waals surface area contributed by atoms with Crippen LogP contribution in [0.25, 0.3) is 0 Å². The molecule has 0 spiro atoms. The summed E-state index contributed by atoms with van der Waals surface area (Å²) in [7, 11) is -3.25. The Morgan fingerprint density at radius 1 is 0.974 bits per heavy atom. The van der Waals surface area contributed by atoms with E-state index in [1.54, 1.807) is 24.3 Å². The van der Waals surface area contributed by atoms with Gasteiger partial charge in [0.05, 0.1) is 11.4 Å². The third-order valence-corrected chi connectivity index (χ3v) is 7.25. The van der Waals surface area contributed by atoms with Gasteiger partial charge in [-0.25, -0.2) is 22.0 Å². The number of ether oxygens (including phenoxy) is 2. The van der Waals surface area contributed by atoms with Crippen LogP contribution in [0.5, 0.6) is 11.5 Å². The van der Waals surface area contributed by atoms with Crippen molar-refractivity contribution in [1.29, 1.82) is 0 Å². The highest BCUT2D eigenvalue weighted by Crippen LogP contribution is 2.31. The van der Waals surface area contributed by atoms with Crippen LogP contribution >= 0.6 is 11.6 Å². The topological polar surface area (TPSA) is 119 Å². The van der Waals surface area contributed by atoms with Crippen molar-refractivity contribution >= 4 is 33.6 Å². The van der Waals surface area contributed by atoms with Crippen molar-refractivity contribution in [2.45, 2.75) is 11.5 Å². The van der Waals surface area contributed by atoms with E-state index in [1.165, 1.54) is 31.3 Å². The van der Waals surface area contributed by atoms with Gasteiger partial charge in [0.25, 0.3) is 0 Å². The van der Waals surface area contributed by atoms with Gasteiger partial charge >= 0.3 is 6.09 Å². The number of hydrogen-bond donors (Lipinski definition) is 1. The summed E-state index contributed by atoms with van der Waals surface area (Å²) in [6, 6.07) is 15.7. The summed E-state index contributed by atoms with van der Waals surface area (Å²) >= 11 is 5.78. The quantitative estimate of drug-likeness (QED) is 0.372. The smallest absolute Gasteiger partial charge is 0.409 e. The van der Waals surface area contributed by atoms with E-state index in [0.29, 0.717) is 21.5 Å². The molecule has 0 saturated carbocycles. The predicted octanol–water partition coefficient (Wildman–Crippen LogP) is 4.16. The molecule has 9 nitrogen and oxygen atoms in total. The molecule has 38 heavy (non-hydrogen) atoms. The summed E-state index contributed by atoms with van der Waals surface area (Å²) in [4.78, 5) is 24.2. The van der Waals surface area contributed by atoms with Crippen LogP contribution < -0.4 is 10.5 Å². The van der Waals surface area contributed by atoms with E-state index in [-0.39, 0.29) is 18.9 Å². The number of sulfonamides is 1. The van der Waals surface area contributed by atoms with Gasteiger partial charge in [-0.15, -0.1) is 0 Å². The molecule has 0 aliphatic rings. The number of likely N-dealkylation sites (N-methyl/N-ethyl adjacent to an activating group) is 1. The van der Waals surface area contributed by atoms with Gasteiger partial charge in [0.1, 0.15) is 12.4 Å². The molecule has 0 radical (unpaired) electrons. The highest BCUT2D eigenvalue weighted by Gasteiger charge is 2.29. The molecule has 0 saturated heterocycles. The number of benzene rings is 3. The minimum absolute atomic E-state index is 0.00366. The Morgan fingerprint density at radius 2 is 1.58 bits per heavy atom. The SMILES string of the molecule is CN(CCN(CC(N)=O)S(=O)(=O)c1cc(F)c(Oc2ccc(Cl)cc2)c(F)c1)C(=O)OCc1ccccc1. The largest absolute Gasteiger partial charge is 0.451 e. The number of nitrogens with zero attached hydrogens (tertiary/aromatic N) is 2. The first-order valence-electron chi connectivity index (χ1n) is 11.1. The Labute approximate surface area is 223 Å². The lowest BCUT2D eigenvalue weighted by atomic mass is 10.2. The number of hydrogen-bond acceptors (Lipinski definition) is 6. The van der Waals surface area contributed by atoms with Gasteiger partial charge in [0.15, 0.2) is 17.4 Å². The first kappa shape index (κ1) is 28.8. The van der Waals surface area contributed by atoms with Gasteiger partial charge in [0.2, 0.25) is 15.9 Å². The van der Waals surface area contributed by atoms with Crippen molar-refractivity contribution in [2.75, 3.05) is 26.7 Å². The molecule has 13 heteroatoms. The lowest BCUT2D eigenvalue weighted by Gasteiger charge is -2.24. The van der Waals surface area contributed by atoms with Crippen LogP contribution in [0.15, 0.2) is 71.6 Å². The van der Waals surface area contributed by atoms with E-state index in [9.17, 15) is 26.8 Å². The fraction of sp³-hybridized carbons (Fsp3) is 0.200. The highest BCUT2D eigenvalue weighted by molar-refractivity contribution is 7.89. The predicted molar refractivity (Wildman–Crippen MR) is 135 cm³/mol. The minimum atomic E-state index is -4.61. The average molecular weight is 568 g/mol. The number of carbonyl (C=O) groups excluding carboxylic acids is 2. The molecule has 0 aromatic heterocycles. The molecule has 0 aliphatic heterocycles. The van der Waals surface area contributed by atoms with Crippen molar-refractivity contribution in [3.63, 3.8) is 0 Å². The molecule has 2 N–H and O–H groups in total. The van der Waals surface area contributed by atoms with E-state index in [2.05, 4.69) is 0 Å². The van der Waals surface area contributed by atoms with Gasteiger partial charge in [-0.3, -0.25) is 4.79 Å². The van der Waals surface area contributed by atoms with Gasteiger partial charge in [-0.2, -0.15) is 4.31 Å². The van der Waals surface area contributed by atoms with Crippen molar-refractivity contribution in [1.82, 2.24) is 9.21 Å². The molecule has 0 unspecified atom stereocenters. The zero-order valence-corrected chi connectivity index (χ0v) is 21.7. The van der Waals surface area contributed by atoms with E-state index in [1.807, 2.05) is 6.07 Å². The van der Waals surface area contributed by atoms with Gasteiger partial charge in [-0.1, -0.05) is 41.9 Å². The van der Waals surface area contributed by atoms with Gasteiger partial charge in [0, 0.05) is 25.2 Å². The molecular formula is C25H24ClF2N3O6S. The van der Waals surface area contributed by atoms with Gasteiger partial charge in [-0.05, 0) is 42.0 Å². The molecule has 0 aliphatic carbocycles. The van der Waals surface area contributed by atoms with Crippen molar-refractivity contribution in [3.05, 3.63) is 89.0 Å². The number of nitrogens with two attached hydrogens (primary N) is 1. The Morgan fingerprint density at radius 3 is 2.16 bits per heavy atom. The van der Waals surface area contributed by atoms with Crippen molar-refractivity contribution < 1.29 is 36.3 Å². The summed E-state index contributed by atoms with van der Waals surface area (Å²) in [6.45, 7) is -1.41. The van der Waals surface area contributed by atoms with E-state index in [4.69, 9.17) is 26.8 Å². The molecule has 3 aromatic carbocycles. The molecule has 3 rings (SSSR count).